The van der Waals surface area contributed by atoms with Gasteiger partial charge in [0.1, 0.15) is 11.5 Å². The third kappa shape index (κ3) is 1.77. The molecule has 0 saturated carbocycles. The third-order valence-corrected chi connectivity index (χ3v) is 3.82. The van der Waals surface area contributed by atoms with Crippen molar-refractivity contribution in [2.45, 2.75) is 26.3 Å². The standard InChI is InChI=1S/C16H18N2O/c1-3-14(19-2)15(17)13-10-18-9-5-7-11-6-4-8-12(13)16(11)18/h3-4,6,8,10,17H,5,7,9H2,1-2H3/b14-3+,17-15?. The number of rotatable bonds is 3. The second kappa shape index (κ2) is 4.57. The van der Waals surface area contributed by atoms with Gasteiger partial charge in [-0.05, 0) is 31.4 Å². The molecule has 0 aliphatic carbocycles. The van der Waals surface area contributed by atoms with Crippen molar-refractivity contribution in [3.8, 4) is 0 Å². The second-order valence-corrected chi connectivity index (χ2v) is 4.89. The van der Waals surface area contributed by atoms with E-state index in [2.05, 4.69) is 29.0 Å². The van der Waals surface area contributed by atoms with Gasteiger partial charge in [0.15, 0.2) is 0 Å². The number of ether oxygens (including phenoxy) is 1. The van der Waals surface area contributed by atoms with Gasteiger partial charge in [-0.3, -0.25) is 5.41 Å². The lowest BCUT2D eigenvalue weighted by Gasteiger charge is -2.14. The summed E-state index contributed by atoms with van der Waals surface area (Å²) in [5.41, 5.74) is 4.11. The summed E-state index contributed by atoms with van der Waals surface area (Å²) in [7, 11) is 1.62. The lowest BCUT2D eigenvalue weighted by atomic mass is 10.0. The first-order chi connectivity index (χ1) is 9.26. The number of hydrogen-bond acceptors (Lipinski definition) is 2. The summed E-state index contributed by atoms with van der Waals surface area (Å²) in [4.78, 5) is 0. The highest BCUT2D eigenvalue weighted by molar-refractivity contribution is 6.17. The first-order valence-corrected chi connectivity index (χ1v) is 6.66. The Balaban J connectivity index is 2.22. The molecule has 0 radical (unpaired) electrons. The molecule has 0 amide bonds. The monoisotopic (exact) mass is 254 g/mol. The molecule has 0 fully saturated rings. The first-order valence-electron chi connectivity index (χ1n) is 6.66. The summed E-state index contributed by atoms with van der Waals surface area (Å²) in [6.45, 7) is 2.94. The van der Waals surface area contributed by atoms with Gasteiger partial charge in [-0.2, -0.15) is 0 Å². The number of para-hydroxylation sites is 1. The molecule has 1 aromatic carbocycles. The summed E-state index contributed by atoms with van der Waals surface area (Å²) < 4.78 is 7.56. The maximum absolute atomic E-state index is 8.34. The van der Waals surface area contributed by atoms with Gasteiger partial charge in [-0.1, -0.05) is 18.2 Å². The molecule has 3 nitrogen and oxygen atoms in total. The van der Waals surface area contributed by atoms with E-state index in [4.69, 9.17) is 10.1 Å². The average molecular weight is 254 g/mol. The molecule has 2 aromatic rings. The summed E-state index contributed by atoms with van der Waals surface area (Å²) in [6.07, 6.45) is 6.25. The molecule has 1 aromatic heterocycles. The van der Waals surface area contributed by atoms with Gasteiger partial charge in [-0.25, -0.2) is 0 Å². The zero-order valence-corrected chi connectivity index (χ0v) is 11.4. The van der Waals surface area contributed by atoms with Crippen LogP contribution in [0.4, 0.5) is 0 Å². The minimum atomic E-state index is 0.466. The zero-order chi connectivity index (χ0) is 13.4. The van der Waals surface area contributed by atoms with Crippen molar-refractivity contribution >= 4 is 16.6 Å². The molecule has 0 bridgehead atoms. The van der Waals surface area contributed by atoms with E-state index in [1.54, 1.807) is 7.11 Å². The number of methoxy groups -OCH3 is 1. The van der Waals surface area contributed by atoms with Crippen molar-refractivity contribution in [2.24, 2.45) is 0 Å². The lowest BCUT2D eigenvalue weighted by Crippen LogP contribution is -2.06. The Morgan fingerprint density at radius 2 is 2.26 bits per heavy atom. The van der Waals surface area contributed by atoms with Crippen LogP contribution in [0.2, 0.25) is 0 Å². The first kappa shape index (κ1) is 12.0. The molecule has 3 rings (SSSR count). The summed E-state index contributed by atoms with van der Waals surface area (Å²) in [6, 6.07) is 6.39. The maximum Gasteiger partial charge on any atom is 0.140 e. The van der Waals surface area contributed by atoms with Crippen LogP contribution in [0.25, 0.3) is 10.9 Å². The fourth-order valence-electron chi connectivity index (χ4n) is 2.95. The van der Waals surface area contributed by atoms with Crippen LogP contribution < -0.4 is 0 Å². The van der Waals surface area contributed by atoms with E-state index in [1.807, 2.05) is 13.0 Å². The van der Waals surface area contributed by atoms with E-state index in [0.717, 1.165) is 18.5 Å². The number of nitrogens with zero attached hydrogens (tertiary/aromatic N) is 1. The fraction of sp³-hybridized carbons (Fsp3) is 0.312. The SMILES string of the molecule is C/C=C(/OC)C(=N)c1cn2c3c(cccc13)CCC2. The van der Waals surface area contributed by atoms with Crippen molar-refractivity contribution in [1.29, 1.82) is 5.41 Å². The Kier molecular flexibility index (Phi) is 2.90. The number of aromatic nitrogens is 1. The van der Waals surface area contributed by atoms with Crippen LogP contribution in [0.3, 0.4) is 0 Å². The molecular weight excluding hydrogens is 236 g/mol. The average Bonchev–Trinajstić information content (AvgIpc) is 2.82. The summed E-state index contributed by atoms with van der Waals surface area (Å²) >= 11 is 0. The molecule has 1 aliphatic heterocycles. The van der Waals surface area contributed by atoms with Crippen LogP contribution >= 0.6 is 0 Å². The highest BCUT2D eigenvalue weighted by Gasteiger charge is 2.19. The largest absolute Gasteiger partial charge is 0.495 e. The van der Waals surface area contributed by atoms with Crippen LogP contribution in [-0.2, 0) is 17.7 Å². The number of benzene rings is 1. The van der Waals surface area contributed by atoms with Gasteiger partial charge in [0.2, 0.25) is 0 Å². The van der Waals surface area contributed by atoms with Gasteiger partial charge >= 0.3 is 0 Å². The normalized spacial score (nSPS) is 14.7. The van der Waals surface area contributed by atoms with Crippen molar-refractivity contribution < 1.29 is 4.74 Å². The van der Waals surface area contributed by atoms with E-state index in [1.165, 1.54) is 22.9 Å². The van der Waals surface area contributed by atoms with E-state index in [9.17, 15) is 0 Å². The highest BCUT2D eigenvalue weighted by Crippen LogP contribution is 2.30. The number of hydrogen-bond donors (Lipinski definition) is 1. The molecule has 0 saturated heterocycles. The Bertz CT molecular complexity index is 679. The predicted octanol–water partition coefficient (Wildman–Crippen LogP) is 3.51. The third-order valence-electron chi connectivity index (χ3n) is 3.82. The minimum Gasteiger partial charge on any atom is -0.495 e. The second-order valence-electron chi connectivity index (χ2n) is 4.89. The summed E-state index contributed by atoms with van der Waals surface area (Å²) in [5, 5.41) is 9.51. The number of aryl methyl sites for hydroxylation is 2. The highest BCUT2D eigenvalue weighted by atomic mass is 16.5. The Morgan fingerprint density at radius 3 is 3.00 bits per heavy atom. The Hall–Kier alpha value is -2.03. The molecule has 2 heterocycles. The molecule has 1 aliphatic rings. The Labute approximate surface area is 113 Å². The van der Waals surface area contributed by atoms with Gasteiger partial charge in [0.25, 0.3) is 0 Å². The van der Waals surface area contributed by atoms with Crippen molar-refractivity contribution in [3.05, 3.63) is 47.4 Å². The molecular formula is C16H18N2O. The molecule has 19 heavy (non-hydrogen) atoms. The van der Waals surface area contributed by atoms with E-state index >= 15 is 0 Å². The predicted molar refractivity (Wildman–Crippen MR) is 77.9 cm³/mol. The number of allylic oxidation sites excluding steroid dienone is 2. The number of nitrogens with one attached hydrogen (secondary N) is 1. The van der Waals surface area contributed by atoms with Crippen molar-refractivity contribution in [2.75, 3.05) is 7.11 Å². The van der Waals surface area contributed by atoms with Gasteiger partial charge in [0, 0.05) is 23.7 Å². The van der Waals surface area contributed by atoms with Crippen LogP contribution in [0.1, 0.15) is 24.5 Å². The maximum atomic E-state index is 8.34. The Morgan fingerprint density at radius 1 is 1.42 bits per heavy atom. The van der Waals surface area contributed by atoms with Gasteiger partial charge in [0.05, 0.1) is 12.6 Å². The van der Waals surface area contributed by atoms with Crippen LogP contribution in [0.15, 0.2) is 36.2 Å². The molecule has 0 spiro atoms. The molecule has 1 N–H and O–H groups in total. The molecule has 98 valence electrons. The van der Waals surface area contributed by atoms with E-state index < -0.39 is 0 Å². The molecule has 0 unspecified atom stereocenters. The topological polar surface area (TPSA) is 38.0 Å². The zero-order valence-electron chi connectivity index (χ0n) is 11.4. The van der Waals surface area contributed by atoms with Gasteiger partial charge in [-0.15, -0.1) is 0 Å². The van der Waals surface area contributed by atoms with Crippen LogP contribution in [-0.4, -0.2) is 17.4 Å². The summed E-state index contributed by atoms with van der Waals surface area (Å²) in [5.74, 6) is 0.628. The van der Waals surface area contributed by atoms with Crippen LogP contribution in [0.5, 0.6) is 0 Å². The van der Waals surface area contributed by atoms with Crippen molar-refractivity contribution in [3.63, 3.8) is 0 Å². The minimum absolute atomic E-state index is 0.466. The van der Waals surface area contributed by atoms with Crippen LogP contribution in [0, 0.1) is 5.41 Å². The van der Waals surface area contributed by atoms with Gasteiger partial charge < -0.3 is 9.30 Å². The van der Waals surface area contributed by atoms with E-state index in [-0.39, 0.29) is 0 Å². The lowest BCUT2D eigenvalue weighted by molar-refractivity contribution is 0.314. The molecule has 3 heteroatoms. The fourth-order valence-corrected chi connectivity index (χ4v) is 2.95. The molecule has 0 atom stereocenters. The van der Waals surface area contributed by atoms with E-state index in [0.29, 0.717) is 11.5 Å². The smallest absolute Gasteiger partial charge is 0.140 e. The van der Waals surface area contributed by atoms with Crippen molar-refractivity contribution in [1.82, 2.24) is 4.57 Å². The quantitative estimate of drug-likeness (QED) is 0.660.